The second-order valence-electron chi connectivity index (χ2n) is 5.62. The maximum absolute atomic E-state index is 12.3. The van der Waals surface area contributed by atoms with Crippen molar-refractivity contribution >= 4 is 5.91 Å². The zero-order chi connectivity index (χ0) is 16.9. The number of hydrogen-bond acceptors (Lipinski definition) is 4. The maximum atomic E-state index is 12.3. The Kier molecular flexibility index (Phi) is 4.89. The van der Waals surface area contributed by atoms with Crippen molar-refractivity contribution < 1.29 is 19.0 Å². The van der Waals surface area contributed by atoms with Crippen LogP contribution >= 0.6 is 0 Å². The van der Waals surface area contributed by atoms with Crippen LogP contribution in [0.4, 0.5) is 0 Å². The molecule has 1 aliphatic heterocycles. The minimum Gasteiger partial charge on any atom is -0.493 e. The van der Waals surface area contributed by atoms with E-state index >= 15 is 0 Å². The highest BCUT2D eigenvalue weighted by molar-refractivity contribution is 5.94. The van der Waals surface area contributed by atoms with Gasteiger partial charge in [0.2, 0.25) is 0 Å². The van der Waals surface area contributed by atoms with Crippen molar-refractivity contribution in [2.75, 3.05) is 27.4 Å². The van der Waals surface area contributed by atoms with Crippen molar-refractivity contribution in [2.24, 2.45) is 0 Å². The van der Waals surface area contributed by atoms with Gasteiger partial charge in [0.1, 0.15) is 5.75 Å². The lowest BCUT2D eigenvalue weighted by molar-refractivity contribution is 0.0954. The van der Waals surface area contributed by atoms with Gasteiger partial charge in [-0.3, -0.25) is 4.79 Å². The van der Waals surface area contributed by atoms with Crippen molar-refractivity contribution in [3.05, 3.63) is 53.1 Å². The molecule has 0 fully saturated rings. The van der Waals surface area contributed by atoms with Gasteiger partial charge in [-0.25, -0.2) is 0 Å². The lowest BCUT2D eigenvalue weighted by Gasteiger charge is -2.10. The van der Waals surface area contributed by atoms with E-state index in [0.29, 0.717) is 30.2 Å². The Balaban J connectivity index is 1.57. The molecular formula is C19H21NO4. The third kappa shape index (κ3) is 3.45. The van der Waals surface area contributed by atoms with Gasteiger partial charge in [-0.05, 0) is 47.9 Å². The molecule has 3 rings (SSSR count). The Labute approximate surface area is 141 Å². The summed E-state index contributed by atoms with van der Waals surface area (Å²) in [5.74, 6) is 2.22. The molecule has 2 aromatic rings. The van der Waals surface area contributed by atoms with E-state index in [2.05, 4.69) is 5.32 Å². The Morgan fingerprint density at radius 2 is 1.96 bits per heavy atom. The normalized spacial score (nSPS) is 12.2. The quantitative estimate of drug-likeness (QED) is 0.886. The molecule has 0 bridgehead atoms. The topological polar surface area (TPSA) is 56.8 Å². The largest absolute Gasteiger partial charge is 0.493 e. The van der Waals surface area contributed by atoms with E-state index < -0.39 is 0 Å². The molecule has 1 N–H and O–H groups in total. The first-order valence-corrected chi connectivity index (χ1v) is 7.96. The van der Waals surface area contributed by atoms with Crippen molar-refractivity contribution in [1.29, 1.82) is 0 Å². The van der Waals surface area contributed by atoms with Crippen LogP contribution in [0, 0.1) is 0 Å². The van der Waals surface area contributed by atoms with E-state index in [-0.39, 0.29) is 5.91 Å². The summed E-state index contributed by atoms with van der Waals surface area (Å²) in [6, 6.07) is 11.4. The van der Waals surface area contributed by atoms with Gasteiger partial charge in [0.15, 0.2) is 11.5 Å². The number of methoxy groups -OCH3 is 2. The first-order chi connectivity index (χ1) is 11.7. The van der Waals surface area contributed by atoms with Crippen LogP contribution in [0.25, 0.3) is 0 Å². The summed E-state index contributed by atoms with van der Waals surface area (Å²) < 4.78 is 16.0. The fourth-order valence-electron chi connectivity index (χ4n) is 2.79. The molecule has 1 aliphatic rings. The highest BCUT2D eigenvalue weighted by Crippen LogP contribution is 2.28. The summed E-state index contributed by atoms with van der Waals surface area (Å²) in [4.78, 5) is 12.3. The molecule has 0 unspecified atom stereocenters. The number of amides is 1. The molecule has 0 saturated carbocycles. The number of carbonyl (C=O) groups is 1. The second-order valence-corrected chi connectivity index (χ2v) is 5.62. The standard InChI is InChI=1S/C19H21NO4/c1-22-17-5-3-13(11-18(17)23-2)7-9-20-19(21)15-4-6-16-14(12-15)8-10-24-16/h3-6,11-12H,7-10H2,1-2H3,(H,20,21). The summed E-state index contributed by atoms with van der Waals surface area (Å²) in [6.07, 6.45) is 1.59. The van der Waals surface area contributed by atoms with Crippen LogP contribution in [-0.4, -0.2) is 33.3 Å². The van der Waals surface area contributed by atoms with E-state index in [1.807, 2.05) is 30.3 Å². The highest BCUT2D eigenvalue weighted by Gasteiger charge is 2.14. The van der Waals surface area contributed by atoms with Gasteiger partial charge >= 0.3 is 0 Å². The van der Waals surface area contributed by atoms with E-state index in [9.17, 15) is 4.79 Å². The summed E-state index contributed by atoms with van der Waals surface area (Å²) in [5.41, 5.74) is 2.85. The number of nitrogens with one attached hydrogen (secondary N) is 1. The average molecular weight is 327 g/mol. The van der Waals surface area contributed by atoms with Crippen LogP contribution < -0.4 is 19.5 Å². The average Bonchev–Trinajstić information content (AvgIpc) is 3.09. The Bertz CT molecular complexity index is 742. The van der Waals surface area contributed by atoms with Crippen LogP contribution in [0.1, 0.15) is 21.5 Å². The first-order valence-electron chi connectivity index (χ1n) is 7.96. The monoisotopic (exact) mass is 327 g/mol. The molecule has 126 valence electrons. The molecule has 0 saturated heterocycles. The number of rotatable bonds is 6. The molecule has 0 radical (unpaired) electrons. The van der Waals surface area contributed by atoms with Crippen LogP contribution in [0.2, 0.25) is 0 Å². The Morgan fingerprint density at radius 3 is 2.75 bits per heavy atom. The van der Waals surface area contributed by atoms with Gasteiger partial charge in [0, 0.05) is 18.5 Å². The third-order valence-electron chi connectivity index (χ3n) is 4.10. The molecule has 1 amide bonds. The maximum Gasteiger partial charge on any atom is 0.251 e. The zero-order valence-electron chi connectivity index (χ0n) is 13.9. The smallest absolute Gasteiger partial charge is 0.251 e. The van der Waals surface area contributed by atoms with Crippen LogP contribution in [0.5, 0.6) is 17.2 Å². The van der Waals surface area contributed by atoms with E-state index in [0.717, 1.165) is 29.7 Å². The predicted molar refractivity (Wildman–Crippen MR) is 91.2 cm³/mol. The third-order valence-corrected chi connectivity index (χ3v) is 4.10. The fourth-order valence-corrected chi connectivity index (χ4v) is 2.79. The molecular weight excluding hydrogens is 306 g/mol. The van der Waals surface area contributed by atoms with Crippen molar-refractivity contribution in [1.82, 2.24) is 5.32 Å². The second kappa shape index (κ2) is 7.25. The molecule has 5 heteroatoms. The number of fused-ring (bicyclic) bond motifs is 1. The summed E-state index contributed by atoms with van der Waals surface area (Å²) >= 11 is 0. The molecule has 2 aromatic carbocycles. The van der Waals surface area contributed by atoms with Gasteiger partial charge < -0.3 is 19.5 Å². The molecule has 0 aliphatic carbocycles. The minimum absolute atomic E-state index is 0.0647. The van der Waals surface area contributed by atoms with Gasteiger partial charge in [0.25, 0.3) is 5.91 Å². The molecule has 0 spiro atoms. The molecule has 5 nitrogen and oxygen atoms in total. The van der Waals surface area contributed by atoms with E-state index in [4.69, 9.17) is 14.2 Å². The Hall–Kier alpha value is -2.69. The zero-order valence-corrected chi connectivity index (χ0v) is 13.9. The van der Waals surface area contributed by atoms with Gasteiger partial charge in [-0.2, -0.15) is 0 Å². The lowest BCUT2D eigenvalue weighted by Crippen LogP contribution is -2.25. The van der Waals surface area contributed by atoms with Crippen LogP contribution in [0.3, 0.4) is 0 Å². The minimum atomic E-state index is -0.0647. The van der Waals surface area contributed by atoms with Crippen molar-refractivity contribution in [3.8, 4) is 17.2 Å². The first kappa shape index (κ1) is 16.2. The number of carbonyl (C=O) groups excluding carboxylic acids is 1. The SMILES string of the molecule is COc1ccc(CCNC(=O)c2ccc3c(c2)CCO3)cc1OC. The van der Waals surface area contributed by atoms with E-state index in [1.165, 1.54) is 0 Å². The molecule has 1 heterocycles. The van der Waals surface area contributed by atoms with Crippen LogP contribution in [0.15, 0.2) is 36.4 Å². The highest BCUT2D eigenvalue weighted by atomic mass is 16.5. The summed E-state index contributed by atoms with van der Waals surface area (Å²) in [5, 5.41) is 2.95. The van der Waals surface area contributed by atoms with Crippen molar-refractivity contribution in [3.63, 3.8) is 0 Å². The summed E-state index contributed by atoms with van der Waals surface area (Å²) in [7, 11) is 3.22. The number of hydrogen-bond donors (Lipinski definition) is 1. The van der Waals surface area contributed by atoms with Gasteiger partial charge in [-0.15, -0.1) is 0 Å². The van der Waals surface area contributed by atoms with Gasteiger partial charge in [0.05, 0.1) is 20.8 Å². The van der Waals surface area contributed by atoms with Crippen molar-refractivity contribution in [2.45, 2.75) is 12.8 Å². The Morgan fingerprint density at radius 1 is 1.12 bits per heavy atom. The molecule has 0 aromatic heterocycles. The molecule has 0 atom stereocenters. The number of benzene rings is 2. The molecule has 24 heavy (non-hydrogen) atoms. The number of ether oxygens (including phenoxy) is 3. The fraction of sp³-hybridized carbons (Fsp3) is 0.316. The van der Waals surface area contributed by atoms with Crippen LogP contribution in [-0.2, 0) is 12.8 Å². The summed E-state index contributed by atoms with van der Waals surface area (Å²) in [6.45, 7) is 1.25. The van der Waals surface area contributed by atoms with E-state index in [1.54, 1.807) is 20.3 Å². The van der Waals surface area contributed by atoms with Gasteiger partial charge in [-0.1, -0.05) is 6.07 Å². The predicted octanol–water partition coefficient (Wildman–Crippen LogP) is 2.61. The lowest BCUT2D eigenvalue weighted by atomic mass is 10.1.